The summed E-state index contributed by atoms with van der Waals surface area (Å²) in [5.41, 5.74) is -1.02. The first-order chi connectivity index (χ1) is 28.0. The average Bonchev–Trinajstić information content (AvgIpc) is 3.82. The molecule has 0 aliphatic carbocycles. The Hall–Kier alpha value is -4.34. The van der Waals surface area contributed by atoms with E-state index >= 15 is 0 Å². The van der Waals surface area contributed by atoms with Gasteiger partial charge in [0.05, 0.1) is 15.3 Å². The van der Waals surface area contributed by atoms with E-state index in [1.165, 1.54) is 46.2 Å². The van der Waals surface area contributed by atoms with Gasteiger partial charge in [-0.2, -0.15) is 18.4 Å². The number of tetrazole rings is 3. The SMILES string of the molecule is CC(C)(C)B(O)O.CC(C)(C)C(=O)O.CC(C)(C)P(=O)(O)O.CC(C)(C)S(=O)(=O)O.CC(C)(C)c1nnn(CC(=O)O)n1.CC(C)(C)c1nnnn1CC(=O)O.CC(C)c1nn[nH]n1. The second-order valence-electron chi connectivity index (χ2n) is 20.1. The lowest BCUT2D eigenvalue weighted by Gasteiger charge is -2.18. The van der Waals surface area contributed by atoms with Gasteiger partial charge in [-0.05, 0) is 83.3 Å². The largest absolute Gasteiger partial charge is 0.481 e. The van der Waals surface area contributed by atoms with Crippen molar-refractivity contribution in [3.8, 4) is 0 Å². The molecule has 3 aromatic rings. The van der Waals surface area contributed by atoms with Crippen molar-refractivity contribution >= 4 is 42.7 Å². The Morgan fingerprint density at radius 2 is 1.12 bits per heavy atom. The van der Waals surface area contributed by atoms with Crippen molar-refractivity contribution in [3.63, 3.8) is 0 Å². The van der Waals surface area contributed by atoms with Crippen molar-refractivity contribution in [1.82, 2.24) is 61.0 Å². The molecule has 9 N–H and O–H groups in total. The Morgan fingerprint density at radius 3 is 1.33 bits per heavy atom. The minimum Gasteiger partial charge on any atom is -0.481 e. The molecule has 0 unspecified atom stereocenters. The molecule has 0 radical (unpaired) electrons. The molecule has 3 heterocycles. The standard InChI is InChI=1S/2C7H12N4O2.C5H10O2.C4H11BO2.C4H8N4.C4H11O3P.C4H10O3S/c1-7(2,3)6-8-9-10-11(6)4-5(12)13;1-7(2,3)6-8-10-11(9-6)4-5(12)13;1-5(2,3)4(6)7;1-4(2,3)5(6)7;1-3(2)4-5-7-8-6-4;2*1-4(2,3)8(5,6)7/h2*4H2,1-3H3,(H,12,13);1-3H3,(H,6,7);6-7H,1-3H3;3H,1-2H3,(H,5,6,7,8);1-3H3,(H2,5,6,7);1-3H3,(H,5,6,7). The minimum absolute atomic E-state index is 0.195. The Labute approximate surface area is 376 Å². The second kappa shape index (κ2) is 26.6. The van der Waals surface area contributed by atoms with E-state index in [9.17, 15) is 27.4 Å². The first-order valence-corrected chi connectivity index (χ1v) is 22.4. The zero-order chi connectivity index (χ0) is 52.3. The molecule has 0 atom stereocenters. The quantitative estimate of drug-likeness (QED) is 0.100. The minimum atomic E-state index is -3.85. The van der Waals surface area contributed by atoms with Gasteiger partial charge in [-0.1, -0.05) is 81.4 Å². The average molecular weight is 961 g/mol. The van der Waals surface area contributed by atoms with Crippen LogP contribution in [0.5, 0.6) is 0 Å². The summed E-state index contributed by atoms with van der Waals surface area (Å²) < 4.78 is 39.3. The number of aliphatic carboxylic acids is 3. The Kier molecular flexibility index (Phi) is 27.5. The Morgan fingerprint density at radius 1 is 0.734 bits per heavy atom. The molecule has 3 aromatic heterocycles. The van der Waals surface area contributed by atoms with Crippen molar-refractivity contribution < 1.29 is 67.1 Å². The molecular weight excluding hydrogens is 886 g/mol. The maximum absolute atomic E-state index is 10.4. The van der Waals surface area contributed by atoms with E-state index in [1.54, 1.807) is 41.5 Å². The number of carboxylic acid groups (broad SMARTS) is 3. The third-order valence-corrected chi connectivity index (χ3v) is 10.1. The maximum atomic E-state index is 10.4. The van der Waals surface area contributed by atoms with E-state index in [0.29, 0.717) is 17.6 Å². The number of hydrogen-bond donors (Lipinski definition) is 9. The predicted molar refractivity (Wildman–Crippen MR) is 237 cm³/mol. The summed E-state index contributed by atoms with van der Waals surface area (Å²) in [7, 11) is -8.89. The van der Waals surface area contributed by atoms with Crippen molar-refractivity contribution in [2.24, 2.45) is 5.41 Å². The highest BCUT2D eigenvalue weighted by Crippen LogP contribution is 2.49. The number of aromatic amines is 1. The van der Waals surface area contributed by atoms with Crippen LogP contribution in [0.2, 0.25) is 5.31 Å². The monoisotopic (exact) mass is 960 g/mol. The van der Waals surface area contributed by atoms with Crippen molar-refractivity contribution in [2.45, 2.75) is 184 Å². The summed E-state index contributed by atoms with van der Waals surface area (Å²) in [5.74, 6) is -0.412. The van der Waals surface area contributed by atoms with E-state index in [-0.39, 0.29) is 29.2 Å². The summed E-state index contributed by atoms with van der Waals surface area (Å²) in [5, 5.41) is 76.3. The summed E-state index contributed by atoms with van der Waals surface area (Å²) in [6.45, 7) is 34.3. The molecule has 0 amide bonds. The van der Waals surface area contributed by atoms with E-state index < -0.39 is 58.1 Å². The van der Waals surface area contributed by atoms with Gasteiger partial charge >= 0.3 is 32.6 Å². The molecule has 3 rings (SSSR count). The Balaban J connectivity index is -0.000000334. The van der Waals surface area contributed by atoms with Gasteiger partial charge in [0.2, 0.25) is 0 Å². The summed E-state index contributed by atoms with van der Waals surface area (Å²) in [6, 6.07) is 0. The number of carboxylic acids is 3. The second-order valence-corrected chi connectivity index (χ2v) is 24.7. The molecule has 0 fully saturated rings. The van der Waals surface area contributed by atoms with Crippen LogP contribution in [-0.2, 0) is 53.0 Å². The predicted octanol–water partition coefficient (Wildman–Crippen LogP) is 3.45. The third kappa shape index (κ3) is 32.3. The first-order valence-electron chi connectivity index (χ1n) is 19.3. The van der Waals surface area contributed by atoms with Gasteiger partial charge < -0.3 is 35.2 Å². The third-order valence-electron chi connectivity index (χ3n) is 6.83. The van der Waals surface area contributed by atoms with Gasteiger partial charge in [0.1, 0.15) is 6.54 Å². The van der Waals surface area contributed by atoms with Gasteiger partial charge in [-0.25, -0.2) is 4.68 Å². The van der Waals surface area contributed by atoms with Crippen LogP contribution in [0.15, 0.2) is 0 Å². The molecule has 0 aliphatic rings. The van der Waals surface area contributed by atoms with Crippen LogP contribution in [0.1, 0.15) is 162 Å². The fraction of sp³-hybridized carbons (Fsp3) is 0.829. The van der Waals surface area contributed by atoms with Gasteiger partial charge in [-0.15, -0.1) is 25.5 Å². The summed E-state index contributed by atoms with van der Waals surface area (Å²) in [6.07, 6.45) is 0. The van der Waals surface area contributed by atoms with Gasteiger partial charge in [0.15, 0.2) is 24.0 Å². The fourth-order valence-corrected chi connectivity index (χ4v) is 2.12. The van der Waals surface area contributed by atoms with E-state index in [1.807, 2.05) is 55.4 Å². The highest BCUT2D eigenvalue weighted by Gasteiger charge is 2.32. The smallest absolute Gasteiger partial charge is 0.457 e. The number of aromatic nitrogens is 12. The van der Waals surface area contributed by atoms with E-state index in [0.717, 1.165) is 10.6 Å². The van der Waals surface area contributed by atoms with Gasteiger partial charge in [-0.3, -0.25) is 23.5 Å². The van der Waals surface area contributed by atoms with Crippen LogP contribution in [0.3, 0.4) is 0 Å². The highest BCUT2D eigenvalue weighted by molar-refractivity contribution is 7.87. The van der Waals surface area contributed by atoms with Crippen LogP contribution in [0.4, 0.5) is 0 Å². The number of H-pyrrole nitrogens is 1. The number of nitrogens with zero attached hydrogens (tertiary/aromatic N) is 11. The molecular formula is C35H74BN12O14PS. The lowest BCUT2D eigenvalue weighted by molar-refractivity contribution is -0.146. The lowest BCUT2D eigenvalue weighted by Crippen LogP contribution is -2.26. The van der Waals surface area contributed by atoms with E-state index in [2.05, 4.69) is 51.6 Å². The molecule has 372 valence electrons. The fourth-order valence-electron chi connectivity index (χ4n) is 2.12. The number of nitrogens with one attached hydrogen (secondary N) is 1. The Bertz CT molecular complexity index is 1960. The first kappa shape index (κ1) is 66.3. The molecule has 64 heavy (non-hydrogen) atoms. The highest BCUT2D eigenvalue weighted by atomic mass is 32.2. The van der Waals surface area contributed by atoms with E-state index in [4.69, 9.17) is 39.7 Å². The van der Waals surface area contributed by atoms with Crippen LogP contribution in [-0.4, -0.2) is 144 Å². The van der Waals surface area contributed by atoms with Crippen LogP contribution in [0.25, 0.3) is 0 Å². The molecule has 29 heteroatoms. The zero-order valence-corrected chi connectivity index (χ0v) is 42.6. The molecule has 0 saturated carbocycles. The zero-order valence-electron chi connectivity index (χ0n) is 40.9. The van der Waals surface area contributed by atoms with Crippen LogP contribution < -0.4 is 0 Å². The normalized spacial score (nSPS) is 12.0. The molecule has 0 saturated heterocycles. The molecule has 0 bridgehead atoms. The van der Waals surface area contributed by atoms with Crippen LogP contribution in [0, 0.1) is 5.41 Å². The summed E-state index contributed by atoms with van der Waals surface area (Å²) in [4.78, 5) is 48.8. The number of rotatable bonds is 5. The maximum Gasteiger partial charge on any atom is 0.457 e. The molecule has 0 spiro atoms. The molecule has 0 aliphatic heterocycles. The molecule has 0 aromatic carbocycles. The molecule has 26 nitrogen and oxygen atoms in total. The summed E-state index contributed by atoms with van der Waals surface area (Å²) >= 11 is 0. The lowest BCUT2D eigenvalue weighted by atomic mass is 9.62. The van der Waals surface area contributed by atoms with Crippen molar-refractivity contribution in [2.75, 3.05) is 0 Å². The number of hydrogen-bond acceptors (Lipinski definition) is 17. The topological polar surface area (TPSA) is 406 Å². The van der Waals surface area contributed by atoms with Crippen molar-refractivity contribution in [3.05, 3.63) is 17.5 Å². The van der Waals surface area contributed by atoms with Gasteiger partial charge in [0.25, 0.3) is 10.1 Å². The van der Waals surface area contributed by atoms with Crippen LogP contribution >= 0.6 is 7.60 Å². The number of carbonyl (C=O) groups is 3. The van der Waals surface area contributed by atoms with Crippen molar-refractivity contribution in [1.29, 1.82) is 0 Å². The van der Waals surface area contributed by atoms with Gasteiger partial charge in [0, 0.05) is 16.7 Å².